The molecule has 0 aliphatic rings. The predicted octanol–water partition coefficient (Wildman–Crippen LogP) is 15.1. The summed E-state index contributed by atoms with van der Waals surface area (Å²) in [6.07, 6.45) is 0. The van der Waals surface area contributed by atoms with E-state index >= 15 is 0 Å². The Morgan fingerprint density at radius 3 is 1.89 bits per heavy atom. The minimum absolute atomic E-state index is 0.919. The molecule has 53 heavy (non-hydrogen) atoms. The number of para-hydroxylation sites is 3. The molecule has 0 bridgehead atoms. The Balaban J connectivity index is 1.04. The Bertz CT molecular complexity index is 3170. The van der Waals surface area contributed by atoms with Crippen molar-refractivity contribution in [3.63, 3.8) is 0 Å². The molecule has 11 rings (SSSR count). The summed E-state index contributed by atoms with van der Waals surface area (Å²) in [5, 5.41) is 9.89. The van der Waals surface area contributed by atoms with Crippen molar-refractivity contribution in [2.45, 2.75) is 0 Å². The standard InChI is InChI=1S/C50H31NOS/c1-2-13-36(14-3-1)51(37-26-25-32-11-4-5-12-35(32)29-37)38-27-28-42-46-31-45(40-15-6-7-17-44(40)50(46)53-48(42)30-38)34-23-21-33(22-24-34)39-18-10-19-43-41-16-8-9-20-47(41)52-49(39)43/h1-31H. The number of hydrogen-bond donors (Lipinski definition) is 0. The van der Waals surface area contributed by atoms with E-state index in [-0.39, 0.29) is 0 Å². The van der Waals surface area contributed by atoms with E-state index in [0.717, 1.165) is 50.1 Å². The van der Waals surface area contributed by atoms with Crippen molar-refractivity contribution in [3.8, 4) is 22.3 Å². The van der Waals surface area contributed by atoms with E-state index in [1.807, 2.05) is 23.5 Å². The van der Waals surface area contributed by atoms with Gasteiger partial charge in [0.1, 0.15) is 11.2 Å². The summed E-state index contributed by atoms with van der Waals surface area (Å²) in [6, 6.07) is 67.9. The first-order valence-electron chi connectivity index (χ1n) is 18.0. The molecule has 0 amide bonds. The largest absolute Gasteiger partial charge is 0.455 e. The molecule has 0 atom stereocenters. The lowest BCUT2D eigenvalue weighted by atomic mass is 9.94. The molecular weight excluding hydrogens is 663 g/mol. The molecule has 0 N–H and O–H groups in total. The van der Waals surface area contributed by atoms with Gasteiger partial charge in [0.05, 0.1) is 0 Å². The zero-order chi connectivity index (χ0) is 34.9. The van der Waals surface area contributed by atoms with Crippen LogP contribution in [0.4, 0.5) is 17.1 Å². The van der Waals surface area contributed by atoms with Crippen molar-refractivity contribution in [1.82, 2.24) is 0 Å². The summed E-state index contributed by atoms with van der Waals surface area (Å²) in [4.78, 5) is 2.37. The van der Waals surface area contributed by atoms with Crippen LogP contribution < -0.4 is 4.90 Å². The number of furan rings is 1. The van der Waals surface area contributed by atoms with Gasteiger partial charge < -0.3 is 9.32 Å². The molecule has 2 nitrogen and oxygen atoms in total. The number of nitrogens with zero attached hydrogens (tertiary/aromatic N) is 1. The Morgan fingerprint density at radius 1 is 0.377 bits per heavy atom. The summed E-state index contributed by atoms with van der Waals surface area (Å²) in [5.41, 5.74) is 9.97. The van der Waals surface area contributed by atoms with Gasteiger partial charge in [-0.3, -0.25) is 0 Å². The summed E-state index contributed by atoms with van der Waals surface area (Å²) in [5.74, 6) is 0. The van der Waals surface area contributed by atoms with Gasteiger partial charge in [-0.05, 0) is 81.4 Å². The van der Waals surface area contributed by atoms with Crippen molar-refractivity contribution in [2.75, 3.05) is 4.90 Å². The van der Waals surface area contributed by atoms with Crippen LogP contribution in [0.2, 0.25) is 0 Å². The molecular formula is C50H31NOS. The Morgan fingerprint density at radius 2 is 1.04 bits per heavy atom. The van der Waals surface area contributed by atoms with E-state index in [4.69, 9.17) is 4.42 Å². The minimum Gasteiger partial charge on any atom is -0.455 e. The van der Waals surface area contributed by atoms with Gasteiger partial charge in [-0.1, -0.05) is 140 Å². The van der Waals surface area contributed by atoms with Gasteiger partial charge >= 0.3 is 0 Å². The van der Waals surface area contributed by atoms with Crippen LogP contribution in [0, 0.1) is 0 Å². The molecule has 248 valence electrons. The quantitative estimate of drug-likeness (QED) is 0.178. The zero-order valence-corrected chi connectivity index (χ0v) is 29.5. The van der Waals surface area contributed by atoms with E-state index in [1.54, 1.807) is 0 Å². The zero-order valence-electron chi connectivity index (χ0n) is 28.7. The minimum atomic E-state index is 0.919. The van der Waals surface area contributed by atoms with Gasteiger partial charge in [-0.25, -0.2) is 0 Å². The topological polar surface area (TPSA) is 16.4 Å². The van der Waals surface area contributed by atoms with Crippen molar-refractivity contribution in [3.05, 3.63) is 188 Å². The summed E-state index contributed by atoms with van der Waals surface area (Å²) >= 11 is 1.88. The second-order valence-electron chi connectivity index (χ2n) is 13.7. The number of hydrogen-bond acceptors (Lipinski definition) is 3. The molecule has 0 aliphatic heterocycles. The molecule has 0 saturated heterocycles. The summed E-state index contributed by atoms with van der Waals surface area (Å²) in [7, 11) is 0. The third kappa shape index (κ3) is 4.86. The second-order valence-corrected chi connectivity index (χ2v) is 14.7. The number of thiophene rings is 1. The monoisotopic (exact) mass is 693 g/mol. The van der Waals surface area contributed by atoms with Crippen LogP contribution in [0.3, 0.4) is 0 Å². The normalized spacial score (nSPS) is 11.8. The Hall–Kier alpha value is -6.68. The summed E-state index contributed by atoms with van der Waals surface area (Å²) < 4.78 is 8.97. The van der Waals surface area contributed by atoms with Gasteiger partial charge in [-0.2, -0.15) is 0 Å². The van der Waals surface area contributed by atoms with Gasteiger partial charge in [-0.15, -0.1) is 11.3 Å². The third-order valence-electron chi connectivity index (χ3n) is 10.6. The smallest absolute Gasteiger partial charge is 0.143 e. The van der Waals surface area contributed by atoms with Crippen LogP contribution in [-0.2, 0) is 0 Å². The third-order valence-corrected chi connectivity index (χ3v) is 11.8. The lowest BCUT2D eigenvalue weighted by Crippen LogP contribution is -2.09. The van der Waals surface area contributed by atoms with Crippen LogP contribution in [0.15, 0.2) is 192 Å². The van der Waals surface area contributed by atoms with Gasteiger partial charge in [0.25, 0.3) is 0 Å². The molecule has 2 aromatic heterocycles. The van der Waals surface area contributed by atoms with Gasteiger partial charge in [0.15, 0.2) is 0 Å². The average Bonchev–Trinajstić information content (AvgIpc) is 3.79. The SMILES string of the molecule is c1ccc(N(c2ccc3ccccc3c2)c2ccc3c(c2)sc2c4ccccc4c(-c4ccc(-c5cccc6c5oc5ccccc56)cc4)cc32)cc1. The van der Waals surface area contributed by atoms with E-state index in [2.05, 4.69) is 181 Å². The number of benzene rings is 9. The Labute approximate surface area is 310 Å². The highest BCUT2D eigenvalue weighted by Crippen LogP contribution is 2.46. The fourth-order valence-corrected chi connectivity index (χ4v) is 9.36. The lowest BCUT2D eigenvalue weighted by molar-refractivity contribution is 0.670. The first-order chi connectivity index (χ1) is 26.3. The molecule has 0 radical (unpaired) electrons. The van der Waals surface area contributed by atoms with Crippen molar-refractivity contribution >= 4 is 92.1 Å². The fourth-order valence-electron chi connectivity index (χ4n) is 8.11. The number of fused-ring (bicyclic) bond motifs is 9. The molecule has 0 spiro atoms. The first kappa shape index (κ1) is 30.0. The van der Waals surface area contributed by atoms with Gasteiger partial charge in [0, 0.05) is 59.0 Å². The highest BCUT2D eigenvalue weighted by molar-refractivity contribution is 7.26. The molecule has 9 aromatic carbocycles. The molecule has 2 heterocycles. The van der Waals surface area contributed by atoms with Crippen molar-refractivity contribution in [2.24, 2.45) is 0 Å². The van der Waals surface area contributed by atoms with Crippen molar-refractivity contribution < 1.29 is 4.42 Å². The molecule has 0 aliphatic carbocycles. The predicted molar refractivity (Wildman–Crippen MR) is 227 cm³/mol. The van der Waals surface area contributed by atoms with E-state index in [1.165, 1.54) is 52.8 Å². The van der Waals surface area contributed by atoms with Gasteiger partial charge in [0.2, 0.25) is 0 Å². The molecule has 3 heteroatoms. The van der Waals surface area contributed by atoms with E-state index in [9.17, 15) is 0 Å². The second kappa shape index (κ2) is 11.9. The molecule has 0 fully saturated rings. The average molecular weight is 694 g/mol. The van der Waals surface area contributed by atoms with E-state index in [0.29, 0.717) is 0 Å². The van der Waals surface area contributed by atoms with Crippen LogP contribution in [0.1, 0.15) is 0 Å². The number of rotatable bonds is 5. The molecule has 0 unspecified atom stereocenters. The van der Waals surface area contributed by atoms with Crippen LogP contribution in [-0.4, -0.2) is 0 Å². The maximum atomic E-state index is 6.38. The first-order valence-corrected chi connectivity index (χ1v) is 18.8. The van der Waals surface area contributed by atoms with Crippen LogP contribution in [0.5, 0.6) is 0 Å². The molecule has 0 saturated carbocycles. The Kier molecular flexibility index (Phi) is 6.76. The maximum Gasteiger partial charge on any atom is 0.143 e. The molecule has 11 aromatic rings. The fraction of sp³-hybridized carbons (Fsp3) is 0. The van der Waals surface area contributed by atoms with E-state index < -0.39 is 0 Å². The van der Waals surface area contributed by atoms with Crippen LogP contribution >= 0.6 is 11.3 Å². The summed E-state index contributed by atoms with van der Waals surface area (Å²) in [6.45, 7) is 0. The maximum absolute atomic E-state index is 6.38. The van der Waals surface area contributed by atoms with Crippen LogP contribution in [0.25, 0.3) is 85.9 Å². The lowest BCUT2D eigenvalue weighted by Gasteiger charge is -2.26. The van der Waals surface area contributed by atoms with Crippen molar-refractivity contribution in [1.29, 1.82) is 0 Å². The highest BCUT2D eigenvalue weighted by Gasteiger charge is 2.18. The number of anilines is 3. The highest BCUT2D eigenvalue weighted by atomic mass is 32.1.